The fraction of sp³-hybridized carbons (Fsp3) is 0.300. The molecule has 154 valence electrons. The highest BCUT2D eigenvalue weighted by Gasteiger charge is 2.25. The Kier molecular flexibility index (Phi) is 6.95. The first-order chi connectivity index (χ1) is 13.9. The van der Waals surface area contributed by atoms with E-state index in [-0.39, 0.29) is 18.0 Å². The van der Waals surface area contributed by atoms with Crippen molar-refractivity contribution in [1.29, 1.82) is 0 Å². The van der Waals surface area contributed by atoms with Crippen molar-refractivity contribution >= 4 is 40.7 Å². The monoisotopic (exact) mass is 439 g/mol. The van der Waals surface area contributed by atoms with Crippen molar-refractivity contribution in [3.8, 4) is 5.75 Å². The number of hydrogen-bond donors (Lipinski definition) is 1. The second kappa shape index (κ2) is 9.43. The molecular weight excluding hydrogens is 420 g/mol. The fourth-order valence-corrected chi connectivity index (χ4v) is 3.46. The first-order valence-electron chi connectivity index (χ1n) is 8.97. The number of ether oxygens (including phenoxy) is 1. The third-order valence-electron chi connectivity index (χ3n) is 4.62. The van der Waals surface area contributed by atoms with Gasteiger partial charge in [-0.15, -0.1) is 0 Å². The molecule has 2 aromatic rings. The molecule has 0 atom stereocenters. The van der Waals surface area contributed by atoms with Crippen LogP contribution in [-0.2, 0) is 4.79 Å². The van der Waals surface area contributed by atoms with Crippen LogP contribution in [0.2, 0.25) is 10.0 Å². The van der Waals surface area contributed by atoms with Gasteiger partial charge in [-0.2, -0.15) is 0 Å². The van der Waals surface area contributed by atoms with Gasteiger partial charge in [0.2, 0.25) is 5.91 Å². The number of rotatable bonds is 5. The second-order valence-electron chi connectivity index (χ2n) is 6.59. The molecule has 1 fully saturated rings. The Morgan fingerprint density at radius 2 is 1.72 bits per heavy atom. The lowest BCUT2D eigenvalue weighted by atomic mass is 10.1. The molecule has 0 aliphatic carbocycles. The van der Waals surface area contributed by atoms with E-state index in [0.29, 0.717) is 47.7 Å². The van der Waals surface area contributed by atoms with E-state index in [1.54, 1.807) is 23.1 Å². The van der Waals surface area contributed by atoms with Gasteiger partial charge in [0.05, 0.1) is 24.9 Å². The van der Waals surface area contributed by atoms with Gasteiger partial charge in [0, 0.05) is 36.2 Å². The SMILES string of the molecule is COc1ccc(Cl)cc1NC(=O)CN1CCN(C(=O)c2cc(Cl)ccc2F)CC1. The number of methoxy groups -OCH3 is 1. The highest BCUT2D eigenvalue weighted by atomic mass is 35.5. The van der Waals surface area contributed by atoms with E-state index < -0.39 is 11.7 Å². The lowest BCUT2D eigenvalue weighted by molar-refractivity contribution is -0.117. The Morgan fingerprint density at radius 3 is 2.41 bits per heavy atom. The number of halogens is 3. The van der Waals surface area contributed by atoms with Crippen molar-refractivity contribution in [2.24, 2.45) is 0 Å². The largest absolute Gasteiger partial charge is 0.495 e. The van der Waals surface area contributed by atoms with Crippen LogP contribution in [0.1, 0.15) is 10.4 Å². The number of benzene rings is 2. The molecular formula is C20H20Cl2FN3O3. The standard InChI is InChI=1S/C20H20Cl2FN3O3/c1-29-18-5-3-14(22)11-17(18)24-19(27)12-25-6-8-26(9-7-25)20(28)15-10-13(21)2-4-16(15)23/h2-5,10-11H,6-9,12H2,1H3,(H,24,27). The summed E-state index contributed by atoms with van der Waals surface area (Å²) >= 11 is 11.8. The van der Waals surface area contributed by atoms with E-state index in [0.717, 1.165) is 0 Å². The average molecular weight is 440 g/mol. The van der Waals surface area contributed by atoms with E-state index in [1.807, 2.05) is 4.90 Å². The zero-order valence-electron chi connectivity index (χ0n) is 15.8. The lowest BCUT2D eigenvalue weighted by Crippen LogP contribution is -2.50. The van der Waals surface area contributed by atoms with Crippen LogP contribution >= 0.6 is 23.2 Å². The van der Waals surface area contributed by atoms with Gasteiger partial charge in [-0.25, -0.2) is 4.39 Å². The van der Waals surface area contributed by atoms with Gasteiger partial charge in [-0.3, -0.25) is 14.5 Å². The number of hydrogen-bond acceptors (Lipinski definition) is 4. The average Bonchev–Trinajstić information content (AvgIpc) is 2.70. The Hall–Kier alpha value is -2.35. The van der Waals surface area contributed by atoms with Crippen molar-refractivity contribution < 1.29 is 18.7 Å². The lowest BCUT2D eigenvalue weighted by Gasteiger charge is -2.34. The number of carbonyl (C=O) groups excluding carboxylic acids is 2. The Balaban J connectivity index is 1.54. The molecule has 9 heteroatoms. The number of amides is 2. The van der Waals surface area contributed by atoms with Crippen LogP contribution in [0.5, 0.6) is 5.75 Å². The third-order valence-corrected chi connectivity index (χ3v) is 5.09. The summed E-state index contributed by atoms with van der Waals surface area (Å²) in [7, 11) is 1.51. The van der Waals surface area contributed by atoms with E-state index in [4.69, 9.17) is 27.9 Å². The van der Waals surface area contributed by atoms with Gasteiger partial charge in [-0.05, 0) is 36.4 Å². The molecule has 0 aromatic heterocycles. The number of nitrogens with one attached hydrogen (secondary N) is 1. The van der Waals surface area contributed by atoms with Crippen molar-refractivity contribution in [1.82, 2.24) is 9.80 Å². The molecule has 29 heavy (non-hydrogen) atoms. The smallest absolute Gasteiger partial charge is 0.256 e. The molecule has 0 bridgehead atoms. The summed E-state index contributed by atoms with van der Waals surface area (Å²) in [6.45, 7) is 1.92. The molecule has 1 heterocycles. The summed E-state index contributed by atoms with van der Waals surface area (Å²) in [6, 6.07) is 8.89. The molecule has 1 aliphatic heterocycles. The van der Waals surface area contributed by atoms with Crippen LogP contribution in [0.25, 0.3) is 0 Å². The van der Waals surface area contributed by atoms with Gasteiger partial charge in [0.25, 0.3) is 5.91 Å². The van der Waals surface area contributed by atoms with E-state index in [9.17, 15) is 14.0 Å². The predicted molar refractivity (Wildman–Crippen MR) is 110 cm³/mol. The molecule has 2 amide bonds. The topological polar surface area (TPSA) is 61.9 Å². The molecule has 0 radical (unpaired) electrons. The summed E-state index contributed by atoms with van der Waals surface area (Å²) in [4.78, 5) is 28.4. The van der Waals surface area contributed by atoms with Crippen molar-refractivity contribution in [2.45, 2.75) is 0 Å². The molecule has 6 nitrogen and oxygen atoms in total. The first-order valence-corrected chi connectivity index (χ1v) is 9.73. The fourth-order valence-electron chi connectivity index (χ4n) is 3.11. The minimum absolute atomic E-state index is 0.0447. The van der Waals surface area contributed by atoms with Gasteiger partial charge < -0.3 is 15.0 Å². The second-order valence-corrected chi connectivity index (χ2v) is 7.46. The van der Waals surface area contributed by atoms with Crippen LogP contribution in [0.3, 0.4) is 0 Å². The van der Waals surface area contributed by atoms with Crippen LogP contribution in [0.15, 0.2) is 36.4 Å². The Morgan fingerprint density at radius 1 is 1.07 bits per heavy atom. The number of anilines is 1. The van der Waals surface area contributed by atoms with Crippen LogP contribution < -0.4 is 10.1 Å². The molecule has 0 saturated carbocycles. The highest BCUT2D eigenvalue weighted by Crippen LogP contribution is 2.27. The quantitative estimate of drug-likeness (QED) is 0.773. The normalized spacial score (nSPS) is 14.6. The summed E-state index contributed by atoms with van der Waals surface area (Å²) in [5.41, 5.74) is 0.451. The van der Waals surface area contributed by atoms with Crippen molar-refractivity contribution in [3.05, 3.63) is 57.8 Å². The molecule has 1 N–H and O–H groups in total. The summed E-state index contributed by atoms with van der Waals surface area (Å²) in [6.07, 6.45) is 0. The zero-order chi connectivity index (χ0) is 21.0. The molecule has 3 rings (SSSR count). The number of carbonyl (C=O) groups is 2. The van der Waals surface area contributed by atoms with Gasteiger partial charge in [0.15, 0.2) is 0 Å². The van der Waals surface area contributed by atoms with Gasteiger partial charge >= 0.3 is 0 Å². The maximum atomic E-state index is 13.9. The van der Waals surface area contributed by atoms with Crippen LogP contribution in [-0.4, -0.2) is 61.4 Å². The van der Waals surface area contributed by atoms with Gasteiger partial charge in [-0.1, -0.05) is 23.2 Å². The summed E-state index contributed by atoms with van der Waals surface area (Å²) in [5, 5.41) is 3.58. The van der Waals surface area contributed by atoms with Crippen LogP contribution in [0, 0.1) is 5.82 Å². The molecule has 0 spiro atoms. The number of piperazine rings is 1. The Labute approximate surface area is 178 Å². The van der Waals surface area contributed by atoms with Crippen LogP contribution in [0.4, 0.5) is 10.1 Å². The maximum absolute atomic E-state index is 13.9. The van der Waals surface area contributed by atoms with Gasteiger partial charge in [0.1, 0.15) is 11.6 Å². The summed E-state index contributed by atoms with van der Waals surface area (Å²) in [5.74, 6) is -0.706. The maximum Gasteiger partial charge on any atom is 0.256 e. The molecule has 1 saturated heterocycles. The minimum atomic E-state index is -0.600. The highest BCUT2D eigenvalue weighted by molar-refractivity contribution is 6.31. The predicted octanol–water partition coefficient (Wildman–Crippen LogP) is 3.54. The van der Waals surface area contributed by atoms with E-state index in [2.05, 4.69) is 5.32 Å². The third kappa shape index (κ3) is 5.38. The minimum Gasteiger partial charge on any atom is -0.495 e. The van der Waals surface area contributed by atoms with E-state index in [1.165, 1.54) is 25.3 Å². The van der Waals surface area contributed by atoms with Crippen molar-refractivity contribution in [2.75, 3.05) is 45.2 Å². The number of nitrogens with zero attached hydrogens (tertiary/aromatic N) is 2. The van der Waals surface area contributed by atoms with E-state index >= 15 is 0 Å². The summed E-state index contributed by atoms with van der Waals surface area (Å²) < 4.78 is 19.2. The Bertz CT molecular complexity index is 918. The first kappa shape index (κ1) is 21.4. The molecule has 1 aliphatic rings. The molecule has 2 aromatic carbocycles. The molecule has 0 unspecified atom stereocenters. The zero-order valence-corrected chi connectivity index (χ0v) is 17.3. The van der Waals surface area contributed by atoms with Crippen molar-refractivity contribution in [3.63, 3.8) is 0 Å².